The summed E-state index contributed by atoms with van der Waals surface area (Å²) in [6.45, 7) is 4.23. The van der Waals surface area contributed by atoms with E-state index >= 15 is 0 Å². The molecular formula is C31H28ClN3O4S2. The summed E-state index contributed by atoms with van der Waals surface area (Å²) in [6, 6.07) is 15.1. The molecule has 0 bridgehead atoms. The Morgan fingerprint density at radius 1 is 1.00 bits per heavy atom. The van der Waals surface area contributed by atoms with Crippen molar-refractivity contribution in [2.24, 2.45) is 0 Å². The number of nitrogens with one attached hydrogen (secondary N) is 1. The summed E-state index contributed by atoms with van der Waals surface area (Å²) in [5.74, 6) is 0.963. The van der Waals surface area contributed by atoms with Crippen LogP contribution >= 0.6 is 34.3 Å². The van der Waals surface area contributed by atoms with Gasteiger partial charge in [0.15, 0.2) is 11.5 Å². The standard InChI is InChI=1S/C31H28ClN3O4S2/c1-19-13-17-40-28(19)30(36)33-26-21(10-12-25(27(26)38-3)39-16-6-15-32)9-11-23-22-7-4-5-8-24(22)35(34-23)31(37)29-20(2)14-18-41-29/h4-5,7-14,17-18H,6,15-16H2,1-3H3,(H,33,36). The zero-order valence-corrected chi connectivity index (χ0v) is 25.2. The fourth-order valence-corrected chi connectivity index (χ4v) is 6.18. The summed E-state index contributed by atoms with van der Waals surface area (Å²) in [5.41, 5.74) is 4.30. The van der Waals surface area contributed by atoms with E-state index in [1.165, 1.54) is 34.5 Å². The predicted molar refractivity (Wildman–Crippen MR) is 168 cm³/mol. The number of rotatable bonds is 10. The van der Waals surface area contributed by atoms with E-state index in [1.807, 2.05) is 79.2 Å². The van der Waals surface area contributed by atoms with Gasteiger partial charge in [0.1, 0.15) is 0 Å². The van der Waals surface area contributed by atoms with Gasteiger partial charge in [-0.2, -0.15) is 9.78 Å². The number of halogens is 1. The Morgan fingerprint density at radius 3 is 2.41 bits per heavy atom. The van der Waals surface area contributed by atoms with Crippen LogP contribution in [0.25, 0.3) is 23.1 Å². The van der Waals surface area contributed by atoms with Gasteiger partial charge in [-0.15, -0.1) is 34.3 Å². The Balaban J connectivity index is 1.56. The Bertz CT molecular complexity index is 1750. The quantitative estimate of drug-likeness (QED) is 0.129. The molecule has 0 aliphatic carbocycles. The minimum Gasteiger partial charge on any atom is -0.491 e. The van der Waals surface area contributed by atoms with Gasteiger partial charge in [0.05, 0.1) is 40.4 Å². The minimum atomic E-state index is -0.241. The molecule has 5 rings (SSSR count). The normalized spacial score (nSPS) is 11.3. The molecule has 0 unspecified atom stereocenters. The smallest absolute Gasteiger partial charge is 0.289 e. The molecule has 7 nitrogen and oxygen atoms in total. The van der Waals surface area contributed by atoms with Crippen molar-refractivity contribution in [1.29, 1.82) is 0 Å². The van der Waals surface area contributed by atoms with E-state index in [1.54, 1.807) is 6.07 Å². The maximum atomic E-state index is 13.4. The third-order valence-electron chi connectivity index (χ3n) is 6.49. The zero-order valence-electron chi connectivity index (χ0n) is 22.8. The van der Waals surface area contributed by atoms with Gasteiger partial charge < -0.3 is 14.8 Å². The number of carbonyl (C=O) groups excluding carboxylic acids is 2. The average molecular weight is 606 g/mol. The highest BCUT2D eigenvalue weighted by molar-refractivity contribution is 7.12. The molecular weight excluding hydrogens is 578 g/mol. The predicted octanol–water partition coefficient (Wildman–Crippen LogP) is 7.90. The number of para-hydroxylation sites is 1. The maximum Gasteiger partial charge on any atom is 0.289 e. The van der Waals surface area contributed by atoms with Gasteiger partial charge >= 0.3 is 0 Å². The lowest BCUT2D eigenvalue weighted by Gasteiger charge is -2.17. The van der Waals surface area contributed by atoms with Gasteiger partial charge in [0, 0.05) is 16.8 Å². The number of fused-ring (bicyclic) bond motifs is 1. The molecule has 1 amide bonds. The molecule has 0 atom stereocenters. The first-order chi connectivity index (χ1) is 19.9. The van der Waals surface area contributed by atoms with E-state index in [0.717, 1.165) is 16.5 Å². The van der Waals surface area contributed by atoms with Crippen LogP contribution in [0.15, 0.2) is 59.3 Å². The van der Waals surface area contributed by atoms with Crippen LogP contribution in [0.3, 0.4) is 0 Å². The van der Waals surface area contributed by atoms with Gasteiger partial charge in [0.25, 0.3) is 11.8 Å². The average Bonchev–Trinajstić information content (AvgIpc) is 3.70. The Labute approximate surface area is 251 Å². The molecule has 41 heavy (non-hydrogen) atoms. The van der Waals surface area contributed by atoms with Crippen LogP contribution in [0.2, 0.25) is 0 Å². The first kappa shape index (κ1) is 28.6. The molecule has 3 heterocycles. The molecule has 10 heteroatoms. The number of thiophene rings is 2. The number of benzene rings is 2. The lowest BCUT2D eigenvalue weighted by molar-refractivity contribution is 0.0953. The monoisotopic (exact) mass is 605 g/mol. The number of aromatic nitrogens is 2. The summed E-state index contributed by atoms with van der Waals surface area (Å²) in [4.78, 5) is 27.9. The van der Waals surface area contributed by atoms with Crippen LogP contribution in [-0.4, -0.2) is 41.2 Å². The molecule has 2 aromatic carbocycles. The van der Waals surface area contributed by atoms with Gasteiger partial charge in [-0.05, 0) is 78.6 Å². The number of hydrogen-bond donors (Lipinski definition) is 1. The van der Waals surface area contributed by atoms with Crippen LogP contribution < -0.4 is 14.8 Å². The van der Waals surface area contributed by atoms with Crippen molar-refractivity contribution >= 4 is 74.8 Å². The largest absolute Gasteiger partial charge is 0.491 e. The van der Waals surface area contributed by atoms with Crippen molar-refractivity contribution in [2.75, 3.05) is 24.9 Å². The van der Waals surface area contributed by atoms with Crippen molar-refractivity contribution in [1.82, 2.24) is 9.78 Å². The number of amides is 1. The van der Waals surface area contributed by atoms with Gasteiger partial charge in [0.2, 0.25) is 0 Å². The molecule has 0 fully saturated rings. The molecule has 0 aliphatic rings. The summed E-state index contributed by atoms with van der Waals surface area (Å²) in [6.07, 6.45) is 4.35. The molecule has 0 saturated heterocycles. The van der Waals surface area contributed by atoms with E-state index in [-0.39, 0.29) is 11.8 Å². The second-order valence-corrected chi connectivity index (χ2v) is 11.4. The highest BCUT2D eigenvalue weighted by Crippen LogP contribution is 2.40. The van der Waals surface area contributed by atoms with Gasteiger partial charge in [-0.1, -0.05) is 24.3 Å². The molecule has 3 aromatic heterocycles. The lowest BCUT2D eigenvalue weighted by atomic mass is 10.1. The molecule has 210 valence electrons. The number of methoxy groups -OCH3 is 1. The van der Waals surface area contributed by atoms with E-state index in [4.69, 9.17) is 21.1 Å². The number of aryl methyl sites for hydroxylation is 2. The molecule has 5 aromatic rings. The number of alkyl halides is 1. The lowest BCUT2D eigenvalue weighted by Crippen LogP contribution is -2.14. The molecule has 0 spiro atoms. The van der Waals surface area contributed by atoms with Gasteiger partial charge in [-0.3, -0.25) is 9.59 Å². The first-order valence-corrected chi connectivity index (χ1v) is 15.2. The first-order valence-electron chi connectivity index (χ1n) is 12.9. The van der Waals surface area contributed by atoms with Crippen LogP contribution in [0.5, 0.6) is 11.5 Å². The van der Waals surface area contributed by atoms with Crippen molar-refractivity contribution in [3.05, 3.63) is 91.4 Å². The van der Waals surface area contributed by atoms with Gasteiger partial charge in [-0.25, -0.2) is 0 Å². The number of ether oxygens (including phenoxy) is 2. The second kappa shape index (κ2) is 12.7. The highest BCUT2D eigenvalue weighted by atomic mass is 35.5. The van der Waals surface area contributed by atoms with E-state index < -0.39 is 0 Å². The zero-order chi connectivity index (χ0) is 28.9. The highest BCUT2D eigenvalue weighted by Gasteiger charge is 2.21. The van der Waals surface area contributed by atoms with Crippen molar-refractivity contribution in [3.8, 4) is 11.5 Å². The van der Waals surface area contributed by atoms with Crippen LogP contribution in [0, 0.1) is 13.8 Å². The number of anilines is 1. The fraction of sp³-hybridized carbons (Fsp3) is 0.194. The summed E-state index contributed by atoms with van der Waals surface area (Å²) in [7, 11) is 1.54. The van der Waals surface area contributed by atoms with Crippen LogP contribution in [0.4, 0.5) is 5.69 Å². The summed E-state index contributed by atoms with van der Waals surface area (Å²) >= 11 is 8.61. The van der Waals surface area contributed by atoms with Crippen molar-refractivity contribution < 1.29 is 19.1 Å². The Hall–Kier alpha value is -3.92. The Kier molecular flexibility index (Phi) is 8.87. The third kappa shape index (κ3) is 5.93. The van der Waals surface area contributed by atoms with Crippen LogP contribution in [0.1, 0.15) is 48.1 Å². The van der Waals surface area contributed by atoms with Crippen molar-refractivity contribution in [3.63, 3.8) is 0 Å². The number of hydrogen-bond acceptors (Lipinski definition) is 7. The number of nitrogens with zero attached hydrogens (tertiary/aromatic N) is 2. The summed E-state index contributed by atoms with van der Waals surface area (Å²) in [5, 5.41) is 12.3. The van der Waals surface area contributed by atoms with Crippen LogP contribution in [-0.2, 0) is 0 Å². The fourth-order valence-electron chi connectivity index (χ4n) is 4.40. The molecule has 0 saturated carbocycles. The Morgan fingerprint density at radius 2 is 1.73 bits per heavy atom. The van der Waals surface area contributed by atoms with E-state index in [0.29, 0.717) is 62.6 Å². The third-order valence-corrected chi connectivity index (χ3v) is 8.77. The molecule has 0 radical (unpaired) electrons. The summed E-state index contributed by atoms with van der Waals surface area (Å²) < 4.78 is 13.1. The topological polar surface area (TPSA) is 82.4 Å². The minimum absolute atomic E-state index is 0.173. The second-order valence-electron chi connectivity index (χ2n) is 9.22. The van der Waals surface area contributed by atoms with E-state index in [9.17, 15) is 9.59 Å². The number of carbonyl (C=O) groups is 2. The molecule has 1 N–H and O–H groups in total. The maximum absolute atomic E-state index is 13.4. The van der Waals surface area contributed by atoms with E-state index in [2.05, 4.69) is 10.4 Å². The molecule has 0 aliphatic heterocycles. The SMILES string of the molecule is COc1c(OCCCCl)ccc(C=Cc2nn(C(=O)c3sccc3C)c3ccccc23)c1NC(=O)c1sccc1C. The van der Waals surface area contributed by atoms with Crippen molar-refractivity contribution in [2.45, 2.75) is 20.3 Å².